The number of nitrogens with one attached hydrogen (secondary N) is 1. The van der Waals surface area contributed by atoms with E-state index in [0.29, 0.717) is 22.2 Å². The maximum absolute atomic E-state index is 13.6. The fourth-order valence-corrected chi connectivity index (χ4v) is 3.00. The van der Waals surface area contributed by atoms with Crippen LogP contribution >= 0.6 is 23.2 Å². The molecule has 0 aliphatic carbocycles. The lowest BCUT2D eigenvalue weighted by atomic mass is 10.1. The Balaban J connectivity index is 1.67. The van der Waals surface area contributed by atoms with Crippen LogP contribution in [0.3, 0.4) is 0 Å². The number of benzene rings is 1. The summed E-state index contributed by atoms with van der Waals surface area (Å²) in [4.78, 5) is 16.4. The van der Waals surface area contributed by atoms with Crippen molar-refractivity contribution in [2.75, 3.05) is 24.8 Å². The molecule has 1 amide bonds. The van der Waals surface area contributed by atoms with Crippen LogP contribution in [-0.4, -0.2) is 34.8 Å². The van der Waals surface area contributed by atoms with Crippen LogP contribution in [0.1, 0.15) is 16.1 Å². The zero-order valence-electron chi connectivity index (χ0n) is 15.7. The van der Waals surface area contributed by atoms with Gasteiger partial charge in [-0.3, -0.25) is 4.79 Å². The maximum atomic E-state index is 13.6. The van der Waals surface area contributed by atoms with E-state index in [-0.39, 0.29) is 35.3 Å². The summed E-state index contributed by atoms with van der Waals surface area (Å²) in [6, 6.07) is 7.17. The highest BCUT2D eigenvalue weighted by Crippen LogP contribution is 2.28. The van der Waals surface area contributed by atoms with Crippen molar-refractivity contribution in [2.24, 2.45) is 0 Å². The Labute approximate surface area is 181 Å². The van der Waals surface area contributed by atoms with Crippen molar-refractivity contribution < 1.29 is 18.7 Å². The van der Waals surface area contributed by atoms with Crippen molar-refractivity contribution in [3.63, 3.8) is 0 Å². The minimum Gasteiger partial charge on any atom is -0.489 e. The number of methoxy groups -OCH3 is 1. The number of halogens is 3. The van der Waals surface area contributed by atoms with E-state index in [9.17, 15) is 9.18 Å². The number of carbonyl (C=O) groups excluding carboxylic acids is 1. The number of rotatable bonds is 7. The number of nitrogen functional groups attached to an aromatic ring is 1. The number of hydrogen-bond donors (Lipinski definition) is 2. The molecular weight excluding hydrogens is 436 g/mol. The van der Waals surface area contributed by atoms with Gasteiger partial charge >= 0.3 is 0 Å². The van der Waals surface area contributed by atoms with Gasteiger partial charge in [-0.05, 0) is 23.8 Å². The summed E-state index contributed by atoms with van der Waals surface area (Å²) in [5.41, 5.74) is 6.60. The molecule has 0 fully saturated rings. The molecule has 3 N–H and O–H groups in total. The summed E-state index contributed by atoms with van der Waals surface area (Å²) in [7, 11) is 1.49. The normalized spacial score (nSPS) is 10.5. The van der Waals surface area contributed by atoms with Gasteiger partial charge in [0.2, 0.25) is 5.88 Å². The van der Waals surface area contributed by atoms with Crippen molar-refractivity contribution in [3.05, 3.63) is 63.6 Å². The molecule has 3 aromatic rings. The van der Waals surface area contributed by atoms with Crippen LogP contribution in [0.15, 0.2) is 36.5 Å². The van der Waals surface area contributed by atoms with Gasteiger partial charge in [0.05, 0.1) is 30.6 Å². The molecular formula is C19H16Cl2FN5O3. The Morgan fingerprint density at radius 1 is 1.23 bits per heavy atom. The molecule has 0 aliphatic heterocycles. The zero-order valence-corrected chi connectivity index (χ0v) is 17.2. The van der Waals surface area contributed by atoms with Gasteiger partial charge in [0, 0.05) is 23.6 Å². The minimum absolute atomic E-state index is 0.00546. The van der Waals surface area contributed by atoms with Crippen molar-refractivity contribution in [1.29, 1.82) is 0 Å². The number of amides is 1. The number of anilines is 2. The third-order valence-corrected chi connectivity index (χ3v) is 4.73. The molecule has 1 aromatic carbocycles. The van der Waals surface area contributed by atoms with Crippen LogP contribution in [0.5, 0.6) is 11.6 Å². The molecule has 2 aromatic heterocycles. The standard InChI is InChI=1S/C19H16Cl2FN5O3/c1-29-16-5-2-10(9-24-16)25-19(28)14-8-15(18(23)27-26-14)30-7-6-11-12(20)3-4-13(22)17(11)21/h2-5,8-9H,6-7H2,1H3,(H2,23,27)(H,25,28). The molecule has 0 bridgehead atoms. The lowest BCUT2D eigenvalue weighted by Gasteiger charge is -2.11. The fourth-order valence-electron chi connectivity index (χ4n) is 2.44. The van der Waals surface area contributed by atoms with Crippen LogP contribution in [0, 0.1) is 5.82 Å². The number of nitrogens with zero attached hydrogens (tertiary/aromatic N) is 3. The first-order valence-corrected chi connectivity index (χ1v) is 9.34. The second kappa shape index (κ2) is 9.55. The number of pyridine rings is 1. The molecule has 2 heterocycles. The molecule has 0 unspecified atom stereocenters. The lowest BCUT2D eigenvalue weighted by Crippen LogP contribution is -2.16. The SMILES string of the molecule is COc1ccc(NC(=O)c2cc(OCCc3c(Cl)ccc(F)c3Cl)c(N)nn2)cn1. The van der Waals surface area contributed by atoms with Crippen LogP contribution in [0.4, 0.5) is 15.9 Å². The fraction of sp³-hybridized carbons (Fsp3) is 0.158. The van der Waals surface area contributed by atoms with E-state index < -0.39 is 11.7 Å². The molecule has 0 atom stereocenters. The van der Waals surface area contributed by atoms with E-state index >= 15 is 0 Å². The summed E-state index contributed by atoms with van der Waals surface area (Å²) in [5, 5.41) is 10.4. The van der Waals surface area contributed by atoms with Crippen LogP contribution in [-0.2, 0) is 6.42 Å². The van der Waals surface area contributed by atoms with Gasteiger partial charge in [0.15, 0.2) is 17.3 Å². The molecule has 3 rings (SSSR count). The quantitative estimate of drug-likeness (QED) is 0.525. The first kappa shape index (κ1) is 21.5. The number of aromatic nitrogens is 3. The van der Waals surface area contributed by atoms with Gasteiger partial charge in [-0.25, -0.2) is 9.37 Å². The van der Waals surface area contributed by atoms with Crippen molar-refractivity contribution in [3.8, 4) is 11.6 Å². The number of ether oxygens (including phenoxy) is 2. The second-order valence-corrected chi connectivity index (χ2v) is 6.73. The Morgan fingerprint density at radius 3 is 2.73 bits per heavy atom. The molecule has 0 radical (unpaired) electrons. The smallest absolute Gasteiger partial charge is 0.276 e. The first-order chi connectivity index (χ1) is 14.4. The lowest BCUT2D eigenvalue weighted by molar-refractivity contribution is 0.102. The average molecular weight is 452 g/mol. The van der Waals surface area contributed by atoms with Gasteiger partial charge in [-0.2, -0.15) is 0 Å². The van der Waals surface area contributed by atoms with Crippen molar-refractivity contribution >= 4 is 40.6 Å². The Morgan fingerprint density at radius 2 is 2.03 bits per heavy atom. The van der Waals surface area contributed by atoms with Crippen LogP contribution in [0.25, 0.3) is 0 Å². The largest absolute Gasteiger partial charge is 0.489 e. The van der Waals surface area contributed by atoms with E-state index in [2.05, 4.69) is 20.5 Å². The van der Waals surface area contributed by atoms with E-state index in [4.69, 9.17) is 38.4 Å². The third kappa shape index (κ3) is 5.05. The Bertz CT molecular complexity index is 1070. The maximum Gasteiger partial charge on any atom is 0.276 e. The molecule has 8 nitrogen and oxygen atoms in total. The highest BCUT2D eigenvalue weighted by Gasteiger charge is 2.15. The average Bonchev–Trinajstić information content (AvgIpc) is 2.75. The molecule has 0 spiro atoms. The van der Waals surface area contributed by atoms with Crippen molar-refractivity contribution in [1.82, 2.24) is 15.2 Å². The summed E-state index contributed by atoms with van der Waals surface area (Å²) in [6.07, 6.45) is 1.65. The van der Waals surface area contributed by atoms with Crippen LogP contribution in [0.2, 0.25) is 10.0 Å². The van der Waals surface area contributed by atoms with E-state index in [1.54, 1.807) is 12.1 Å². The highest BCUT2D eigenvalue weighted by atomic mass is 35.5. The minimum atomic E-state index is -0.576. The predicted octanol–water partition coefficient (Wildman–Crippen LogP) is 3.78. The van der Waals surface area contributed by atoms with Gasteiger partial charge in [-0.15, -0.1) is 10.2 Å². The van der Waals surface area contributed by atoms with E-state index in [1.165, 1.54) is 31.5 Å². The molecule has 0 aliphatic rings. The number of carbonyl (C=O) groups is 1. The second-order valence-electron chi connectivity index (χ2n) is 5.94. The van der Waals surface area contributed by atoms with Gasteiger partial charge in [-0.1, -0.05) is 23.2 Å². The van der Waals surface area contributed by atoms with Crippen molar-refractivity contribution in [2.45, 2.75) is 6.42 Å². The van der Waals surface area contributed by atoms with Gasteiger partial charge < -0.3 is 20.5 Å². The number of nitrogens with two attached hydrogens (primary N) is 1. The Hall–Kier alpha value is -3.17. The predicted molar refractivity (Wildman–Crippen MR) is 111 cm³/mol. The van der Waals surface area contributed by atoms with E-state index in [1.807, 2.05) is 0 Å². The molecule has 30 heavy (non-hydrogen) atoms. The molecule has 0 saturated carbocycles. The molecule has 11 heteroatoms. The van der Waals surface area contributed by atoms with E-state index in [0.717, 1.165) is 0 Å². The summed E-state index contributed by atoms with van der Waals surface area (Å²) in [5.74, 6) is -0.557. The monoisotopic (exact) mass is 451 g/mol. The van der Waals surface area contributed by atoms with Gasteiger partial charge in [0.1, 0.15) is 5.82 Å². The summed E-state index contributed by atoms with van der Waals surface area (Å²) < 4.78 is 24.2. The van der Waals surface area contributed by atoms with Crippen LogP contribution < -0.4 is 20.5 Å². The molecule has 0 saturated heterocycles. The number of hydrogen-bond acceptors (Lipinski definition) is 7. The third-order valence-electron chi connectivity index (χ3n) is 3.97. The zero-order chi connectivity index (χ0) is 21.7. The Kier molecular flexibility index (Phi) is 6.86. The van der Waals surface area contributed by atoms with Gasteiger partial charge in [0.25, 0.3) is 5.91 Å². The summed E-state index contributed by atoms with van der Waals surface area (Å²) >= 11 is 12.0. The first-order valence-electron chi connectivity index (χ1n) is 8.58. The topological polar surface area (TPSA) is 112 Å². The molecule has 156 valence electrons. The highest BCUT2D eigenvalue weighted by molar-refractivity contribution is 6.36. The summed E-state index contributed by atoms with van der Waals surface area (Å²) in [6.45, 7) is 0.0717.